The molecule has 0 radical (unpaired) electrons. The van der Waals surface area contributed by atoms with E-state index in [1.807, 2.05) is 6.07 Å². The number of pyridine rings is 1. The van der Waals surface area contributed by atoms with E-state index in [9.17, 15) is 0 Å². The summed E-state index contributed by atoms with van der Waals surface area (Å²) in [5, 5.41) is 0. The second kappa shape index (κ2) is 3.24. The fourth-order valence-corrected chi connectivity index (χ4v) is 1.01. The molecule has 0 aliphatic heterocycles. The Morgan fingerprint density at radius 2 is 1.92 bits per heavy atom. The summed E-state index contributed by atoms with van der Waals surface area (Å²) in [5.41, 5.74) is 7.35. The molecule has 72 valence electrons. The topological polar surface area (TPSA) is 48.1 Å². The Morgan fingerprint density at radius 1 is 1.31 bits per heavy atom. The predicted molar refractivity (Wildman–Crippen MR) is 53.9 cm³/mol. The molecule has 0 atom stereocenters. The molecule has 1 aromatic heterocycles. The number of methoxy groups -OCH3 is 1. The maximum atomic E-state index is 5.71. The normalized spacial score (nSPS) is 11.4. The van der Waals surface area contributed by atoms with Gasteiger partial charge < -0.3 is 10.5 Å². The van der Waals surface area contributed by atoms with Gasteiger partial charge in [-0.1, -0.05) is 20.8 Å². The lowest BCUT2D eigenvalue weighted by Gasteiger charge is -2.18. The van der Waals surface area contributed by atoms with E-state index in [1.165, 1.54) is 0 Å². The maximum Gasteiger partial charge on any atom is 0.215 e. The average molecular weight is 180 g/mol. The Kier molecular flexibility index (Phi) is 2.45. The van der Waals surface area contributed by atoms with Crippen LogP contribution < -0.4 is 10.5 Å². The number of anilines is 1. The van der Waals surface area contributed by atoms with Crippen molar-refractivity contribution in [3.8, 4) is 5.88 Å². The van der Waals surface area contributed by atoms with Gasteiger partial charge in [0.25, 0.3) is 0 Å². The Bertz CT molecular complexity index is 302. The predicted octanol–water partition coefficient (Wildman–Crippen LogP) is 1.97. The van der Waals surface area contributed by atoms with Crippen molar-refractivity contribution in [3.05, 3.63) is 17.8 Å². The molecular formula is C10H16N2O. The second-order valence-electron chi connectivity index (χ2n) is 4.08. The molecular weight excluding hydrogens is 164 g/mol. The minimum absolute atomic E-state index is 0.00264. The molecule has 0 saturated heterocycles. The summed E-state index contributed by atoms with van der Waals surface area (Å²) in [4.78, 5) is 4.32. The van der Waals surface area contributed by atoms with Gasteiger partial charge in [0.15, 0.2) is 0 Å². The van der Waals surface area contributed by atoms with E-state index in [2.05, 4.69) is 25.8 Å². The number of nitrogen functional groups attached to an aromatic ring is 1. The third-order valence-electron chi connectivity index (χ3n) is 1.80. The molecule has 3 nitrogen and oxygen atoms in total. The lowest BCUT2D eigenvalue weighted by atomic mass is 9.91. The van der Waals surface area contributed by atoms with Crippen molar-refractivity contribution in [2.75, 3.05) is 12.8 Å². The summed E-state index contributed by atoms with van der Waals surface area (Å²) in [5.74, 6) is 0.574. The van der Waals surface area contributed by atoms with Crippen LogP contribution in [0.25, 0.3) is 0 Å². The lowest BCUT2D eigenvalue weighted by Crippen LogP contribution is -2.14. The van der Waals surface area contributed by atoms with Crippen LogP contribution in [0.5, 0.6) is 5.88 Å². The van der Waals surface area contributed by atoms with Crippen molar-refractivity contribution < 1.29 is 4.74 Å². The van der Waals surface area contributed by atoms with Gasteiger partial charge in [0.2, 0.25) is 5.88 Å². The Hall–Kier alpha value is -1.25. The van der Waals surface area contributed by atoms with Crippen LogP contribution in [0.2, 0.25) is 0 Å². The molecule has 0 spiro atoms. The zero-order chi connectivity index (χ0) is 10.1. The van der Waals surface area contributed by atoms with E-state index in [-0.39, 0.29) is 5.41 Å². The van der Waals surface area contributed by atoms with Gasteiger partial charge in [-0.15, -0.1) is 0 Å². The van der Waals surface area contributed by atoms with Crippen LogP contribution >= 0.6 is 0 Å². The highest BCUT2D eigenvalue weighted by Crippen LogP contribution is 2.24. The van der Waals surface area contributed by atoms with Crippen molar-refractivity contribution in [2.24, 2.45) is 0 Å². The van der Waals surface area contributed by atoms with Crippen LogP contribution in [-0.4, -0.2) is 12.1 Å². The number of hydrogen-bond donors (Lipinski definition) is 1. The van der Waals surface area contributed by atoms with Gasteiger partial charge in [0.1, 0.15) is 0 Å². The van der Waals surface area contributed by atoms with E-state index in [0.29, 0.717) is 11.6 Å². The quantitative estimate of drug-likeness (QED) is 0.718. The van der Waals surface area contributed by atoms with Crippen molar-refractivity contribution in [1.82, 2.24) is 4.98 Å². The van der Waals surface area contributed by atoms with Crippen molar-refractivity contribution >= 4 is 5.69 Å². The van der Waals surface area contributed by atoms with Gasteiger partial charge >= 0.3 is 0 Å². The van der Waals surface area contributed by atoms with Crippen molar-refractivity contribution in [3.63, 3.8) is 0 Å². The van der Waals surface area contributed by atoms with E-state index in [0.717, 1.165) is 5.69 Å². The third kappa shape index (κ3) is 2.34. The first-order valence-corrected chi connectivity index (χ1v) is 4.25. The highest BCUT2D eigenvalue weighted by Gasteiger charge is 2.16. The van der Waals surface area contributed by atoms with Gasteiger partial charge in [-0.3, -0.25) is 0 Å². The van der Waals surface area contributed by atoms with Crippen LogP contribution in [0.3, 0.4) is 0 Å². The number of aromatic nitrogens is 1. The smallest absolute Gasteiger partial charge is 0.215 e. The first-order chi connectivity index (χ1) is 5.93. The Balaban J connectivity index is 3.16. The molecule has 1 rings (SSSR count). The van der Waals surface area contributed by atoms with Gasteiger partial charge in [0, 0.05) is 17.2 Å². The fourth-order valence-electron chi connectivity index (χ4n) is 1.01. The Morgan fingerprint density at radius 3 is 2.38 bits per heavy atom. The molecule has 3 heteroatoms. The molecule has 0 bridgehead atoms. The largest absolute Gasteiger partial charge is 0.481 e. The lowest BCUT2D eigenvalue weighted by molar-refractivity contribution is 0.392. The highest BCUT2D eigenvalue weighted by molar-refractivity contribution is 5.43. The van der Waals surface area contributed by atoms with Crippen molar-refractivity contribution in [1.29, 1.82) is 0 Å². The highest BCUT2D eigenvalue weighted by atomic mass is 16.5. The summed E-state index contributed by atoms with van der Waals surface area (Å²) in [6.45, 7) is 6.27. The minimum atomic E-state index is 0.00264. The molecule has 0 amide bonds. The SMILES string of the molecule is COc1cc(N)cc(C(C)(C)C)n1. The van der Waals surface area contributed by atoms with Gasteiger partial charge in [-0.25, -0.2) is 4.98 Å². The first-order valence-electron chi connectivity index (χ1n) is 4.25. The molecule has 2 N–H and O–H groups in total. The molecule has 0 aromatic carbocycles. The molecule has 0 unspecified atom stereocenters. The van der Waals surface area contributed by atoms with Crippen molar-refractivity contribution in [2.45, 2.75) is 26.2 Å². The molecule has 0 saturated carbocycles. The number of nitrogens with two attached hydrogens (primary N) is 1. The van der Waals surface area contributed by atoms with E-state index in [1.54, 1.807) is 13.2 Å². The van der Waals surface area contributed by atoms with E-state index in [4.69, 9.17) is 10.5 Å². The van der Waals surface area contributed by atoms with Crippen LogP contribution in [0.4, 0.5) is 5.69 Å². The third-order valence-corrected chi connectivity index (χ3v) is 1.80. The van der Waals surface area contributed by atoms with E-state index >= 15 is 0 Å². The van der Waals surface area contributed by atoms with Gasteiger partial charge in [0.05, 0.1) is 12.8 Å². The zero-order valence-corrected chi connectivity index (χ0v) is 8.59. The maximum absolute atomic E-state index is 5.71. The van der Waals surface area contributed by atoms with E-state index < -0.39 is 0 Å². The van der Waals surface area contributed by atoms with Gasteiger partial charge in [-0.05, 0) is 6.07 Å². The molecule has 0 aliphatic carbocycles. The summed E-state index contributed by atoms with van der Waals surface area (Å²) in [7, 11) is 1.59. The summed E-state index contributed by atoms with van der Waals surface area (Å²) >= 11 is 0. The minimum Gasteiger partial charge on any atom is -0.481 e. The second-order valence-corrected chi connectivity index (χ2v) is 4.08. The van der Waals surface area contributed by atoms with Crippen LogP contribution in [0.15, 0.2) is 12.1 Å². The monoisotopic (exact) mass is 180 g/mol. The fraction of sp³-hybridized carbons (Fsp3) is 0.500. The van der Waals surface area contributed by atoms with Crippen LogP contribution in [0, 0.1) is 0 Å². The Labute approximate surface area is 78.9 Å². The molecule has 1 heterocycles. The molecule has 13 heavy (non-hydrogen) atoms. The molecule has 0 fully saturated rings. The van der Waals surface area contributed by atoms with Crippen LogP contribution in [0.1, 0.15) is 26.5 Å². The molecule has 0 aliphatic rings. The van der Waals surface area contributed by atoms with Gasteiger partial charge in [-0.2, -0.15) is 0 Å². The van der Waals surface area contributed by atoms with Crippen LogP contribution in [-0.2, 0) is 5.41 Å². The summed E-state index contributed by atoms with van der Waals surface area (Å²) < 4.78 is 5.04. The standard InChI is InChI=1S/C10H16N2O/c1-10(2,3)8-5-7(11)6-9(12-8)13-4/h5-6H,1-4H3,(H2,11,12). The number of rotatable bonds is 1. The summed E-state index contributed by atoms with van der Waals surface area (Å²) in [6, 6.07) is 3.60. The first kappa shape index (κ1) is 9.84. The number of hydrogen-bond acceptors (Lipinski definition) is 3. The average Bonchev–Trinajstić information content (AvgIpc) is 2.01. The molecule has 1 aromatic rings. The summed E-state index contributed by atoms with van der Waals surface area (Å²) in [6.07, 6.45) is 0. The number of nitrogens with zero attached hydrogens (tertiary/aromatic N) is 1. The number of ether oxygens (including phenoxy) is 1. The zero-order valence-electron chi connectivity index (χ0n) is 8.59.